The largest absolute Gasteiger partial charge is 0.394 e. The number of hydrogen-bond acceptors (Lipinski definition) is 24. The fraction of sp³-hybridized carbons (Fsp3) is 0.362. The highest BCUT2D eigenvalue weighted by atomic mass is 35.5. The van der Waals surface area contributed by atoms with Crippen molar-refractivity contribution >= 4 is 81.7 Å². The van der Waals surface area contributed by atoms with E-state index in [1.165, 1.54) is 30.3 Å². The van der Waals surface area contributed by atoms with Crippen LogP contribution < -0.4 is 44.0 Å². The first-order valence-electron chi connectivity index (χ1n) is 32.9. The minimum Gasteiger partial charge on any atom is -0.394 e. The van der Waals surface area contributed by atoms with Gasteiger partial charge in [0.1, 0.15) is 47.7 Å². The topological polar surface area (TPSA) is 455 Å². The van der Waals surface area contributed by atoms with Crippen LogP contribution in [0.25, 0.3) is 0 Å². The fourth-order valence-corrected chi connectivity index (χ4v) is 12.2. The Kier molecular flexibility index (Phi) is 26.9. The zero-order valence-corrected chi connectivity index (χ0v) is 60.8. The van der Waals surface area contributed by atoms with Gasteiger partial charge >= 0.3 is 46.4 Å². The number of aryl methyl sites for hydroxylation is 5. The van der Waals surface area contributed by atoms with Gasteiger partial charge in [0.15, 0.2) is 24.4 Å². The van der Waals surface area contributed by atoms with Gasteiger partial charge in [-0.1, -0.05) is 65.1 Å². The molecule has 32 nitrogen and oxygen atoms in total. The molecule has 8 heterocycles. The maximum Gasteiger partial charge on any atom is 0.351 e. The average molecular weight is 1640 g/mol. The molecule has 12 N–H and O–H groups in total. The summed E-state index contributed by atoms with van der Waals surface area (Å²) in [6.45, 7) is 5.47. The molecule has 12 atom stereocenters. The van der Waals surface area contributed by atoms with Crippen molar-refractivity contribution in [2.45, 2.75) is 132 Å². The number of benzene rings is 4. The van der Waals surface area contributed by atoms with Gasteiger partial charge in [0, 0.05) is 51.5 Å². The Morgan fingerprint density at radius 1 is 0.402 bits per heavy atom. The van der Waals surface area contributed by atoms with E-state index in [0.29, 0.717) is 33.9 Å². The molecule has 0 aliphatic carbocycles. The molecule has 4 aliphatic rings. The number of nitrogens with one attached hydrogen (secondary N) is 4. The van der Waals surface area contributed by atoms with Crippen LogP contribution in [0.1, 0.15) is 94.2 Å². The van der Waals surface area contributed by atoms with E-state index < -0.39 is 170 Å². The van der Waals surface area contributed by atoms with Crippen LogP contribution in [-0.2, 0) is 18.9 Å². The van der Waals surface area contributed by atoms with Crippen molar-refractivity contribution in [3.05, 3.63) is 229 Å². The predicted octanol–water partition coefficient (Wildman–Crippen LogP) is 5.03. The smallest absolute Gasteiger partial charge is 0.351 e. The van der Waals surface area contributed by atoms with Crippen LogP contribution in [0.5, 0.6) is 0 Å². The van der Waals surface area contributed by atoms with E-state index in [9.17, 15) is 93.9 Å². The molecular formula is C69H67Cl3F8N12O20. The van der Waals surface area contributed by atoms with E-state index in [1.807, 2.05) is 0 Å². The van der Waals surface area contributed by atoms with Crippen molar-refractivity contribution in [1.29, 1.82) is 0 Å². The summed E-state index contributed by atoms with van der Waals surface area (Å²) in [4.78, 5) is 112. The van der Waals surface area contributed by atoms with Gasteiger partial charge in [-0.3, -0.25) is 37.4 Å². The molecule has 112 heavy (non-hydrogen) atoms. The van der Waals surface area contributed by atoms with Crippen LogP contribution in [-0.4, -0.2) is 202 Å². The number of anilines is 4. The van der Waals surface area contributed by atoms with Gasteiger partial charge in [0.05, 0.1) is 37.0 Å². The van der Waals surface area contributed by atoms with Crippen LogP contribution >= 0.6 is 34.8 Å². The molecule has 4 aliphatic heterocycles. The van der Waals surface area contributed by atoms with Crippen molar-refractivity contribution in [2.75, 3.05) is 47.7 Å². The Hall–Kier alpha value is -9.89. The van der Waals surface area contributed by atoms with Gasteiger partial charge in [-0.05, 0) is 129 Å². The van der Waals surface area contributed by atoms with Gasteiger partial charge in [-0.15, -0.1) is 0 Å². The molecule has 12 rings (SSSR count). The molecule has 2 unspecified atom stereocenters. The van der Waals surface area contributed by atoms with Gasteiger partial charge in [-0.25, -0.2) is 19.2 Å². The van der Waals surface area contributed by atoms with Crippen molar-refractivity contribution in [3.63, 3.8) is 0 Å². The lowest BCUT2D eigenvalue weighted by Crippen LogP contribution is -2.41. The fourth-order valence-electron chi connectivity index (χ4n) is 11.4. The summed E-state index contributed by atoms with van der Waals surface area (Å²) in [7, 11) is 0. The Bertz CT molecular complexity index is 5070. The molecule has 0 saturated carbocycles. The number of hydrogen-bond donors (Lipinski definition) is 12. The number of aromatic nitrogens is 8. The Morgan fingerprint density at radius 3 is 1.05 bits per heavy atom. The van der Waals surface area contributed by atoms with E-state index in [4.69, 9.17) is 74.2 Å². The second kappa shape index (κ2) is 35.0. The quantitative estimate of drug-likeness (QED) is 0.0564. The minimum absolute atomic E-state index is 0.116. The third kappa shape index (κ3) is 18.6. The molecule has 4 aromatic carbocycles. The second-order valence-corrected chi connectivity index (χ2v) is 26.6. The zero-order valence-electron chi connectivity index (χ0n) is 58.5. The van der Waals surface area contributed by atoms with E-state index in [1.54, 1.807) is 83.1 Å². The first-order chi connectivity index (χ1) is 52.6. The lowest BCUT2D eigenvalue weighted by atomic mass is 10.0. The Labute approximate surface area is 640 Å². The number of halogens is 11. The van der Waals surface area contributed by atoms with Crippen molar-refractivity contribution in [3.8, 4) is 0 Å². The SMILES string of the molecule is Cc1cc(Cl)cc(C(=O)Nc2ccn([C@@H]3O[C@H](CO)[C@@H](O)C3(F)F)c(=O)n2)c1.Cc1ccc(C(=O)Nc2ccn(C3O[C@H](CO)[C@@H](O)C3(F)F)c(=O)n2)c(Cl)c1.Cc1ccc(C(=O)Nc2ccn(C3O[C@H](CO)[C@@H](O)C3(F)F)c(=O)n2)cc1Cl.Cc1cccc(C)c1C(=O)Nc1ccn([C@@H]2O[C@H](CO)[C@@H](O)C2(F)F)c(=O)n1. The molecule has 600 valence electrons. The van der Waals surface area contributed by atoms with Gasteiger partial charge in [-0.2, -0.15) is 55.1 Å². The summed E-state index contributed by atoms with van der Waals surface area (Å²) in [6.07, 6.45) is -20.0. The van der Waals surface area contributed by atoms with Crippen LogP contribution in [0.15, 0.2) is 141 Å². The number of aliphatic hydroxyl groups excluding tert-OH is 8. The number of carbonyl (C=O) groups excluding carboxylic acids is 4. The number of carbonyl (C=O) groups is 4. The van der Waals surface area contributed by atoms with Gasteiger partial charge in [0.2, 0.25) is 24.9 Å². The summed E-state index contributed by atoms with van der Waals surface area (Å²) < 4.78 is 135. The summed E-state index contributed by atoms with van der Waals surface area (Å²) in [6, 6.07) is 23.9. The van der Waals surface area contributed by atoms with Crippen molar-refractivity contribution in [2.24, 2.45) is 0 Å². The number of alkyl halides is 8. The van der Waals surface area contributed by atoms with Crippen molar-refractivity contribution in [1.82, 2.24) is 38.2 Å². The summed E-state index contributed by atoms with van der Waals surface area (Å²) in [5.41, 5.74) is 0.371. The highest BCUT2D eigenvalue weighted by Crippen LogP contribution is 2.46. The first-order valence-corrected chi connectivity index (χ1v) is 34.0. The molecule has 8 aromatic rings. The number of amides is 4. The van der Waals surface area contributed by atoms with Gasteiger partial charge in [0.25, 0.3) is 23.6 Å². The maximum absolute atomic E-state index is 14.2. The van der Waals surface area contributed by atoms with E-state index in [-0.39, 0.29) is 45.0 Å². The van der Waals surface area contributed by atoms with E-state index in [2.05, 4.69) is 41.2 Å². The molecule has 4 amide bonds. The third-order valence-electron chi connectivity index (χ3n) is 17.4. The van der Waals surface area contributed by atoms with Crippen LogP contribution in [0.4, 0.5) is 58.4 Å². The number of nitrogens with zero attached hydrogens (tertiary/aromatic N) is 8. The predicted molar refractivity (Wildman–Crippen MR) is 378 cm³/mol. The Balaban J connectivity index is 0.000000171. The molecule has 4 fully saturated rings. The van der Waals surface area contributed by atoms with Crippen LogP contribution in [0, 0.1) is 34.6 Å². The Morgan fingerprint density at radius 2 is 0.741 bits per heavy atom. The number of aliphatic hydroxyl groups is 8. The zero-order chi connectivity index (χ0) is 82.5. The van der Waals surface area contributed by atoms with Gasteiger partial charge < -0.3 is 81.1 Å². The molecule has 43 heteroatoms. The monoisotopic (exact) mass is 1640 g/mol. The lowest BCUT2D eigenvalue weighted by molar-refractivity contribution is -0.141. The lowest BCUT2D eigenvalue weighted by Gasteiger charge is -2.21. The highest BCUT2D eigenvalue weighted by Gasteiger charge is 2.63. The normalized spacial score (nSPS) is 23.6. The molecule has 4 saturated heterocycles. The summed E-state index contributed by atoms with van der Waals surface area (Å²) in [5, 5.41) is 84.8. The summed E-state index contributed by atoms with van der Waals surface area (Å²) in [5.74, 6) is -18.2. The molecule has 4 aromatic heterocycles. The second-order valence-electron chi connectivity index (χ2n) is 25.4. The average Bonchev–Trinajstić information content (AvgIpc) is 1.63. The van der Waals surface area contributed by atoms with E-state index in [0.717, 1.165) is 70.8 Å². The van der Waals surface area contributed by atoms with E-state index >= 15 is 0 Å². The van der Waals surface area contributed by atoms with Crippen LogP contribution in [0.3, 0.4) is 0 Å². The standard InChI is InChI=1S/C18H19F2N3O5.3C17H16ClF2N3O5/c1-9-4-3-5-10(2)13(9)15(26)21-12-6-7-23(17(27)22-12)16-18(19,20)14(25)11(8-24)28-16;1-8-4-9(6-10(18)5-8)14(26)21-12-2-3-23(16(27)22-12)15-17(19,20)13(25)11(7-24)28-15;1-8-2-3-9(6-10(8)18)14(26)21-12-4-5-23(16(27)22-12)15-17(19,20)13(25)11(7-24)28-15;1-8-2-3-9(10(18)6-8)14(26)21-12-4-5-23(16(27)22-12)15-17(19,20)13(25)11(7-24)28-15/h3-7,11,14,16,24-25H,8H2,1-2H3,(H,21,22,26,27);3*2-6,11,13,15,24-25H,7H2,1H3,(H,21,22,26,27)/t11-,14-,16-;11-,13-,15-;2*11-,13-,15?/m1111/s1. The minimum atomic E-state index is -3.82. The number of ether oxygens (including phenoxy) is 4. The van der Waals surface area contributed by atoms with Crippen molar-refractivity contribution < 1.29 is 114 Å². The number of rotatable bonds is 16. The third-order valence-corrected chi connectivity index (χ3v) is 18.3. The first kappa shape index (κ1) is 86.1. The highest BCUT2D eigenvalue weighted by molar-refractivity contribution is 6.34. The molecular weight excluding hydrogens is 1580 g/mol. The molecule has 0 spiro atoms. The molecule has 0 bridgehead atoms. The maximum atomic E-state index is 14.2. The summed E-state index contributed by atoms with van der Waals surface area (Å²) >= 11 is 17.9. The molecule has 0 radical (unpaired) electrons. The van der Waals surface area contributed by atoms with Crippen LogP contribution in [0.2, 0.25) is 15.1 Å².